The molecule has 0 aromatic heterocycles. The second kappa shape index (κ2) is 7.72. The average Bonchev–Trinajstić information content (AvgIpc) is 2.32. The number of aliphatic hydroxyl groups excluding tert-OH is 1. The maximum absolute atomic E-state index is 8.64. The summed E-state index contributed by atoms with van der Waals surface area (Å²) in [6.45, 7) is 3.22. The van der Waals surface area contributed by atoms with Crippen molar-refractivity contribution >= 4 is 0 Å². The molecular formula is C14H18O3. The molecule has 3 nitrogen and oxygen atoms in total. The fourth-order valence-electron chi connectivity index (χ4n) is 1.32. The standard InChI is InChI=1S/C14H18O3/c1-12-11-14(17-10-9-16-2)7-6-13(12)5-3-4-8-15/h6-7,11,15H,4,8-10H2,1-2H3. The van der Waals surface area contributed by atoms with E-state index in [1.165, 1.54) is 0 Å². The second-order valence-electron chi connectivity index (χ2n) is 3.59. The lowest BCUT2D eigenvalue weighted by molar-refractivity contribution is 0.146. The van der Waals surface area contributed by atoms with Crippen molar-refractivity contribution in [2.24, 2.45) is 0 Å². The van der Waals surface area contributed by atoms with Crippen LogP contribution in [0.5, 0.6) is 5.75 Å². The number of rotatable bonds is 5. The summed E-state index contributed by atoms with van der Waals surface area (Å²) >= 11 is 0. The summed E-state index contributed by atoms with van der Waals surface area (Å²) < 4.78 is 10.4. The highest BCUT2D eigenvalue weighted by atomic mass is 16.5. The van der Waals surface area contributed by atoms with Crippen LogP contribution in [0.25, 0.3) is 0 Å². The van der Waals surface area contributed by atoms with Crippen LogP contribution in [0.4, 0.5) is 0 Å². The van der Waals surface area contributed by atoms with Gasteiger partial charge in [0.25, 0.3) is 0 Å². The Morgan fingerprint density at radius 1 is 1.29 bits per heavy atom. The molecule has 0 saturated carbocycles. The van der Waals surface area contributed by atoms with Gasteiger partial charge >= 0.3 is 0 Å². The first-order chi connectivity index (χ1) is 8.27. The fourth-order valence-corrected chi connectivity index (χ4v) is 1.32. The van der Waals surface area contributed by atoms with Crippen LogP contribution >= 0.6 is 0 Å². The summed E-state index contributed by atoms with van der Waals surface area (Å²) in [5, 5.41) is 8.64. The summed E-state index contributed by atoms with van der Waals surface area (Å²) in [6, 6.07) is 5.78. The maximum atomic E-state index is 8.64. The molecular weight excluding hydrogens is 216 g/mol. The number of hydrogen-bond acceptors (Lipinski definition) is 3. The summed E-state index contributed by atoms with van der Waals surface area (Å²) in [6.07, 6.45) is 0.505. The van der Waals surface area contributed by atoms with Crippen molar-refractivity contribution in [2.45, 2.75) is 13.3 Å². The van der Waals surface area contributed by atoms with Crippen molar-refractivity contribution in [2.75, 3.05) is 26.9 Å². The Hall–Kier alpha value is -1.50. The number of aryl methyl sites for hydroxylation is 1. The highest BCUT2D eigenvalue weighted by Gasteiger charge is 1.98. The van der Waals surface area contributed by atoms with Crippen LogP contribution < -0.4 is 4.74 Å². The first kappa shape index (κ1) is 13.6. The highest BCUT2D eigenvalue weighted by molar-refractivity contribution is 5.44. The van der Waals surface area contributed by atoms with Crippen LogP contribution in [0.15, 0.2) is 18.2 Å². The van der Waals surface area contributed by atoms with Crippen molar-refractivity contribution in [1.29, 1.82) is 0 Å². The van der Waals surface area contributed by atoms with Crippen LogP contribution in [0.3, 0.4) is 0 Å². The zero-order valence-corrected chi connectivity index (χ0v) is 10.3. The van der Waals surface area contributed by atoms with Gasteiger partial charge in [0.05, 0.1) is 13.2 Å². The van der Waals surface area contributed by atoms with E-state index in [0.717, 1.165) is 16.9 Å². The molecule has 3 heteroatoms. The van der Waals surface area contributed by atoms with Gasteiger partial charge in [-0.3, -0.25) is 0 Å². The van der Waals surface area contributed by atoms with E-state index >= 15 is 0 Å². The van der Waals surface area contributed by atoms with Crippen LogP contribution in [0, 0.1) is 18.8 Å². The largest absolute Gasteiger partial charge is 0.491 e. The molecule has 1 aromatic rings. The summed E-state index contributed by atoms with van der Waals surface area (Å²) in [5.74, 6) is 6.75. The molecule has 0 radical (unpaired) electrons. The van der Waals surface area contributed by atoms with Crippen LogP contribution in [0.2, 0.25) is 0 Å². The Bertz CT molecular complexity index is 402. The quantitative estimate of drug-likeness (QED) is 0.623. The predicted molar refractivity (Wildman–Crippen MR) is 67.1 cm³/mol. The first-order valence-electron chi connectivity index (χ1n) is 5.60. The molecule has 0 amide bonds. The van der Waals surface area contributed by atoms with Gasteiger partial charge in [-0.25, -0.2) is 0 Å². The molecule has 17 heavy (non-hydrogen) atoms. The second-order valence-corrected chi connectivity index (χ2v) is 3.59. The lowest BCUT2D eigenvalue weighted by atomic mass is 10.1. The summed E-state index contributed by atoms with van der Waals surface area (Å²) in [5.41, 5.74) is 2.04. The Balaban J connectivity index is 2.63. The Morgan fingerprint density at radius 2 is 2.12 bits per heavy atom. The molecule has 0 atom stereocenters. The summed E-state index contributed by atoms with van der Waals surface area (Å²) in [7, 11) is 1.65. The Kier molecular flexibility index (Phi) is 6.16. The zero-order valence-electron chi connectivity index (χ0n) is 10.3. The van der Waals surface area contributed by atoms with Gasteiger partial charge in [0.1, 0.15) is 12.4 Å². The number of aliphatic hydroxyl groups is 1. The SMILES string of the molecule is COCCOc1ccc(C#CCCO)c(C)c1. The van der Waals surface area contributed by atoms with Crippen LogP contribution in [-0.2, 0) is 4.74 Å². The molecule has 0 aliphatic heterocycles. The Labute approximate surface area is 102 Å². The molecule has 1 aromatic carbocycles. The zero-order chi connectivity index (χ0) is 12.5. The van der Waals surface area contributed by atoms with Gasteiger partial charge < -0.3 is 14.6 Å². The molecule has 0 heterocycles. The average molecular weight is 234 g/mol. The molecule has 1 rings (SSSR count). The van der Waals surface area contributed by atoms with E-state index in [9.17, 15) is 0 Å². The molecule has 0 saturated heterocycles. The highest BCUT2D eigenvalue weighted by Crippen LogP contribution is 2.16. The minimum atomic E-state index is 0.101. The summed E-state index contributed by atoms with van der Waals surface area (Å²) in [4.78, 5) is 0. The Morgan fingerprint density at radius 3 is 2.76 bits per heavy atom. The number of methoxy groups -OCH3 is 1. The molecule has 0 aliphatic carbocycles. The molecule has 0 bridgehead atoms. The smallest absolute Gasteiger partial charge is 0.119 e. The molecule has 0 unspecified atom stereocenters. The fraction of sp³-hybridized carbons (Fsp3) is 0.429. The van der Waals surface area contributed by atoms with E-state index in [1.807, 2.05) is 25.1 Å². The molecule has 0 aliphatic rings. The first-order valence-corrected chi connectivity index (χ1v) is 5.60. The normalized spacial score (nSPS) is 9.59. The van der Waals surface area contributed by atoms with Gasteiger partial charge in [0, 0.05) is 19.1 Å². The van der Waals surface area contributed by atoms with E-state index in [0.29, 0.717) is 19.6 Å². The number of ether oxygens (including phenoxy) is 2. The lowest BCUT2D eigenvalue weighted by Gasteiger charge is -2.07. The molecule has 1 N–H and O–H groups in total. The molecule has 92 valence electrons. The maximum Gasteiger partial charge on any atom is 0.119 e. The van der Waals surface area contributed by atoms with E-state index in [-0.39, 0.29) is 6.61 Å². The van der Waals surface area contributed by atoms with E-state index < -0.39 is 0 Å². The lowest BCUT2D eigenvalue weighted by Crippen LogP contribution is -2.04. The minimum absolute atomic E-state index is 0.101. The van der Waals surface area contributed by atoms with Crippen molar-refractivity contribution in [3.63, 3.8) is 0 Å². The van der Waals surface area contributed by atoms with Gasteiger partial charge in [0.15, 0.2) is 0 Å². The van der Waals surface area contributed by atoms with E-state index in [2.05, 4.69) is 11.8 Å². The van der Waals surface area contributed by atoms with Gasteiger partial charge in [-0.2, -0.15) is 0 Å². The van der Waals surface area contributed by atoms with Gasteiger partial charge in [0.2, 0.25) is 0 Å². The molecule has 0 fully saturated rings. The third-order valence-electron chi connectivity index (χ3n) is 2.21. The molecule has 0 spiro atoms. The third-order valence-corrected chi connectivity index (χ3v) is 2.21. The van der Waals surface area contributed by atoms with Crippen molar-refractivity contribution in [3.05, 3.63) is 29.3 Å². The van der Waals surface area contributed by atoms with Crippen molar-refractivity contribution in [1.82, 2.24) is 0 Å². The predicted octanol–water partition coefficient (Wildman–Crippen LogP) is 1.75. The van der Waals surface area contributed by atoms with Gasteiger partial charge in [-0.1, -0.05) is 11.8 Å². The van der Waals surface area contributed by atoms with Crippen molar-refractivity contribution < 1.29 is 14.6 Å². The number of benzene rings is 1. The van der Waals surface area contributed by atoms with Gasteiger partial charge in [-0.15, -0.1) is 0 Å². The van der Waals surface area contributed by atoms with Crippen LogP contribution in [-0.4, -0.2) is 32.0 Å². The van der Waals surface area contributed by atoms with E-state index in [1.54, 1.807) is 7.11 Å². The number of hydrogen-bond donors (Lipinski definition) is 1. The monoisotopic (exact) mass is 234 g/mol. The van der Waals surface area contributed by atoms with E-state index in [4.69, 9.17) is 14.6 Å². The van der Waals surface area contributed by atoms with Crippen molar-refractivity contribution in [3.8, 4) is 17.6 Å². The minimum Gasteiger partial charge on any atom is -0.491 e. The third kappa shape index (κ3) is 4.90. The van der Waals surface area contributed by atoms with Gasteiger partial charge in [-0.05, 0) is 30.7 Å². The topological polar surface area (TPSA) is 38.7 Å². The van der Waals surface area contributed by atoms with Crippen LogP contribution in [0.1, 0.15) is 17.5 Å².